The molecule has 0 bridgehead atoms. The molecule has 0 radical (unpaired) electrons. The molecule has 0 aliphatic rings. The van der Waals surface area contributed by atoms with E-state index in [2.05, 4.69) is 20.8 Å². The van der Waals surface area contributed by atoms with Crippen molar-refractivity contribution in [2.45, 2.75) is 46.5 Å². The number of rotatable bonds is 7. The zero-order valence-electron chi connectivity index (χ0n) is 8.74. The summed E-state index contributed by atoms with van der Waals surface area (Å²) in [5.41, 5.74) is 0. The molecule has 0 amide bonds. The van der Waals surface area contributed by atoms with Crippen molar-refractivity contribution in [3.05, 3.63) is 0 Å². The molecule has 0 aromatic heterocycles. The van der Waals surface area contributed by atoms with Gasteiger partial charge in [0.2, 0.25) is 0 Å². The van der Waals surface area contributed by atoms with Crippen LogP contribution in [0.2, 0.25) is 0 Å². The summed E-state index contributed by atoms with van der Waals surface area (Å²) >= 11 is 0. The average molecular weight is 211 g/mol. The highest BCUT2D eigenvalue weighted by molar-refractivity contribution is 8.51. The van der Waals surface area contributed by atoms with E-state index in [-0.39, 0.29) is 0 Å². The molecule has 0 unspecified atom stereocenters. The van der Waals surface area contributed by atoms with Crippen molar-refractivity contribution in [2.75, 3.05) is 17.3 Å². The third-order valence-corrected chi connectivity index (χ3v) is 6.90. The quantitative estimate of drug-likeness (QED) is 0.578. The molecule has 0 aliphatic heterocycles. The molecule has 2 heteroatoms. The summed E-state index contributed by atoms with van der Waals surface area (Å²) in [6.07, 6.45) is 5.20. The maximum Gasteiger partial charge on any atom is -0.0101 e. The Morgan fingerprint density at radius 1 is 0.917 bits per heavy atom. The van der Waals surface area contributed by atoms with E-state index in [1.807, 2.05) is 0 Å². The molecule has 0 N–H and O–H groups in total. The molecule has 0 saturated heterocycles. The van der Waals surface area contributed by atoms with Crippen molar-refractivity contribution in [2.24, 2.45) is 0 Å². The van der Waals surface area contributed by atoms with Crippen LogP contribution in [0.4, 0.5) is 0 Å². The molecule has 76 valence electrons. The SMILES string of the molecule is CCCCS(Cl)(CC)CCCC. The lowest BCUT2D eigenvalue weighted by molar-refractivity contribution is 0.871. The summed E-state index contributed by atoms with van der Waals surface area (Å²) in [5.74, 6) is 3.76. The van der Waals surface area contributed by atoms with Crippen molar-refractivity contribution in [1.82, 2.24) is 0 Å². The van der Waals surface area contributed by atoms with Gasteiger partial charge in [0.15, 0.2) is 0 Å². The third-order valence-electron chi connectivity index (χ3n) is 2.24. The predicted molar refractivity (Wildman–Crippen MR) is 63.5 cm³/mol. The lowest BCUT2D eigenvalue weighted by Crippen LogP contribution is -2.05. The molecule has 0 aromatic rings. The Morgan fingerprint density at radius 2 is 1.33 bits per heavy atom. The van der Waals surface area contributed by atoms with Crippen molar-refractivity contribution in [3.63, 3.8) is 0 Å². The molecule has 0 nitrogen and oxygen atoms in total. The van der Waals surface area contributed by atoms with Gasteiger partial charge in [-0.3, -0.25) is 0 Å². The molecule has 0 heterocycles. The maximum atomic E-state index is 6.56. The van der Waals surface area contributed by atoms with Gasteiger partial charge in [0, 0.05) is 0 Å². The van der Waals surface area contributed by atoms with Crippen LogP contribution >= 0.6 is 19.9 Å². The largest absolute Gasteiger partial charge is 0.163 e. The fourth-order valence-corrected chi connectivity index (χ4v) is 4.24. The Bertz CT molecular complexity index is 96.0. The van der Waals surface area contributed by atoms with Gasteiger partial charge >= 0.3 is 0 Å². The molecular weight excluding hydrogens is 188 g/mol. The normalized spacial score (nSPS) is 13.3. The van der Waals surface area contributed by atoms with Gasteiger partial charge < -0.3 is 0 Å². The zero-order valence-corrected chi connectivity index (χ0v) is 10.3. The summed E-state index contributed by atoms with van der Waals surface area (Å²) in [5, 5.41) is 0. The first-order valence-electron chi connectivity index (χ1n) is 5.14. The average Bonchev–Trinajstić information content (AvgIpc) is 2.11. The van der Waals surface area contributed by atoms with Crippen LogP contribution in [-0.2, 0) is 0 Å². The molecule has 12 heavy (non-hydrogen) atoms. The van der Waals surface area contributed by atoms with Gasteiger partial charge in [0.25, 0.3) is 0 Å². The fourth-order valence-electron chi connectivity index (χ4n) is 1.20. The number of hydrogen-bond donors (Lipinski definition) is 0. The van der Waals surface area contributed by atoms with E-state index in [0.717, 1.165) is 0 Å². The molecule has 0 aliphatic carbocycles. The summed E-state index contributed by atoms with van der Waals surface area (Å²) in [6, 6.07) is 0. The first kappa shape index (κ1) is 12.6. The predicted octanol–water partition coefficient (Wildman–Crippen LogP) is 4.56. The summed E-state index contributed by atoms with van der Waals surface area (Å²) in [7, 11) is 5.84. The van der Waals surface area contributed by atoms with Gasteiger partial charge in [-0.25, -0.2) is 0 Å². The van der Waals surface area contributed by atoms with Crippen molar-refractivity contribution in [3.8, 4) is 0 Å². The highest BCUT2D eigenvalue weighted by Gasteiger charge is 2.16. The Balaban J connectivity index is 3.70. The van der Waals surface area contributed by atoms with E-state index in [9.17, 15) is 0 Å². The Labute approximate surface area is 83.9 Å². The molecule has 0 saturated carbocycles. The smallest absolute Gasteiger partial charge is 0.0101 e. The summed E-state index contributed by atoms with van der Waals surface area (Å²) < 4.78 is 0. The van der Waals surface area contributed by atoms with E-state index in [1.165, 1.54) is 42.9 Å². The van der Waals surface area contributed by atoms with Crippen LogP contribution in [0.25, 0.3) is 0 Å². The van der Waals surface area contributed by atoms with Gasteiger partial charge in [-0.1, -0.05) is 44.3 Å². The van der Waals surface area contributed by atoms with E-state index in [1.54, 1.807) is 0 Å². The van der Waals surface area contributed by atoms with Crippen molar-refractivity contribution >= 4 is 19.9 Å². The first-order chi connectivity index (χ1) is 5.68. The third kappa shape index (κ3) is 5.31. The molecule has 0 aromatic carbocycles. The van der Waals surface area contributed by atoms with Crippen LogP contribution in [-0.4, -0.2) is 17.3 Å². The number of halogens is 1. The standard InChI is InChI=1S/C10H23ClS/c1-4-7-9-12(11,6-3)10-8-5-2/h4-10H2,1-3H3. The monoisotopic (exact) mass is 210 g/mol. The second kappa shape index (κ2) is 7.08. The second-order valence-electron chi connectivity index (χ2n) is 3.34. The molecule has 0 rings (SSSR count). The van der Waals surface area contributed by atoms with E-state index >= 15 is 0 Å². The topological polar surface area (TPSA) is 0 Å². The Hall–Kier alpha value is 0.640. The van der Waals surface area contributed by atoms with Crippen LogP contribution in [0.15, 0.2) is 0 Å². The Morgan fingerprint density at radius 3 is 1.58 bits per heavy atom. The van der Waals surface area contributed by atoms with Gasteiger partial charge in [-0.15, -0.1) is 0 Å². The summed E-state index contributed by atoms with van der Waals surface area (Å²) in [6.45, 7) is 6.73. The molecule has 0 spiro atoms. The fraction of sp³-hybridized carbons (Fsp3) is 1.00. The van der Waals surface area contributed by atoms with Gasteiger partial charge in [-0.2, -0.15) is 9.24 Å². The molecule has 0 atom stereocenters. The lowest BCUT2D eigenvalue weighted by Gasteiger charge is -2.31. The van der Waals surface area contributed by atoms with E-state index in [4.69, 9.17) is 10.7 Å². The van der Waals surface area contributed by atoms with E-state index in [0.29, 0.717) is 0 Å². The zero-order chi connectivity index (χ0) is 9.45. The maximum absolute atomic E-state index is 6.56. The summed E-state index contributed by atoms with van der Waals surface area (Å²) in [4.78, 5) is 0. The van der Waals surface area contributed by atoms with Gasteiger partial charge in [0.05, 0.1) is 0 Å². The minimum Gasteiger partial charge on any atom is -0.163 e. The highest BCUT2D eigenvalue weighted by atomic mass is 35.7. The van der Waals surface area contributed by atoms with Crippen molar-refractivity contribution < 1.29 is 0 Å². The van der Waals surface area contributed by atoms with Gasteiger partial charge in [0.1, 0.15) is 0 Å². The number of unbranched alkanes of at least 4 members (excludes halogenated alkanes) is 2. The van der Waals surface area contributed by atoms with Crippen LogP contribution in [0.5, 0.6) is 0 Å². The van der Waals surface area contributed by atoms with Gasteiger partial charge in [-0.05, 0) is 30.1 Å². The minimum atomic E-state index is -0.729. The second-order valence-corrected chi connectivity index (χ2v) is 8.58. The number of hydrogen-bond acceptors (Lipinski definition) is 0. The minimum absolute atomic E-state index is 0.729. The van der Waals surface area contributed by atoms with Crippen LogP contribution in [0.1, 0.15) is 46.5 Å². The van der Waals surface area contributed by atoms with Crippen LogP contribution < -0.4 is 0 Å². The van der Waals surface area contributed by atoms with E-state index < -0.39 is 9.24 Å². The van der Waals surface area contributed by atoms with Crippen LogP contribution in [0.3, 0.4) is 0 Å². The molecular formula is C10H23ClS. The van der Waals surface area contributed by atoms with Crippen molar-refractivity contribution in [1.29, 1.82) is 0 Å². The highest BCUT2D eigenvalue weighted by Crippen LogP contribution is 2.54. The first-order valence-corrected chi connectivity index (χ1v) is 8.11. The lowest BCUT2D eigenvalue weighted by atomic mass is 10.4. The Kier molecular flexibility index (Phi) is 7.46. The molecule has 0 fully saturated rings. The van der Waals surface area contributed by atoms with Crippen LogP contribution in [0, 0.1) is 0 Å².